The fourth-order valence-electron chi connectivity index (χ4n) is 5.48. The van der Waals surface area contributed by atoms with Gasteiger partial charge in [0.15, 0.2) is 0 Å². The second kappa shape index (κ2) is 12.1. The highest BCUT2D eigenvalue weighted by atomic mass is 16.2. The van der Waals surface area contributed by atoms with Gasteiger partial charge in [0, 0.05) is 86.6 Å². The molecule has 2 N–H and O–H groups in total. The SMILES string of the molecule is CNC(=O)n1ccc2cc(N(C)c3ccnc(NC(=O)c4ccc(CCN5C[C@@H](C)N(C)[C@@H](C)C5)cc4)c3)ccc21. The Balaban J connectivity index is 1.20. The van der Waals surface area contributed by atoms with Crippen LogP contribution in [-0.2, 0) is 6.42 Å². The predicted molar refractivity (Wildman–Crippen MR) is 165 cm³/mol. The van der Waals surface area contributed by atoms with Crippen molar-refractivity contribution in [2.45, 2.75) is 32.4 Å². The molecule has 0 saturated carbocycles. The van der Waals surface area contributed by atoms with E-state index in [0.717, 1.165) is 48.3 Å². The summed E-state index contributed by atoms with van der Waals surface area (Å²) in [6.07, 6.45) is 4.41. The van der Waals surface area contributed by atoms with E-state index in [1.54, 1.807) is 24.0 Å². The average Bonchev–Trinajstić information content (AvgIpc) is 3.41. The molecule has 9 nitrogen and oxygen atoms in total. The van der Waals surface area contributed by atoms with Crippen LogP contribution in [0.4, 0.5) is 22.0 Å². The van der Waals surface area contributed by atoms with Crippen molar-refractivity contribution in [2.75, 3.05) is 51.0 Å². The third kappa shape index (κ3) is 6.26. The van der Waals surface area contributed by atoms with E-state index >= 15 is 0 Å². The first-order chi connectivity index (χ1) is 19.7. The molecule has 1 aliphatic heterocycles. The molecule has 2 aromatic carbocycles. The molecule has 41 heavy (non-hydrogen) atoms. The number of anilines is 3. The van der Waals surface area contributed by atoms with Crippen molar-refractivity contribution in [3.8, 4) is 0 Å². The van der Waals surface area contributed by atoms with E-state index in [0.29, 0.717) is 23.5 Å². The van der Waals surface area contributed by atoms with Crippen molar-refractivity contribution in [2.24, 2.45) is 0 Å². The maximum Gasteiger partial charge on any atom is 0.325 e. The van der Waals surface area contributed by atoms with Gasteiger partial charge in [0.2, 0.25) is 0 Å². The Bertz CT molecular complexity index is 1520. The van der Waals surface area contributed by atoms with Crippen LogP contribution in [0, 0.1) is 0 Å². The zero-order valence-corrected chi connectivity index (χ0v) is 24.5. The Morgan fingerprint density at radius 2 is 1.68 bits per heavy atom. The molecule has 4 aromatic rings. The lowest BCUT2D eigenvalue weighted by atomic mass is 10.1. The fourth-order valence-corrected chi connectivity index (χ4v) is 5.48. The number of carbonyl (C=O) groups is 2. The van der Waals surface area contributed by atoms with E-state index in [2.05, 4.69) is 46.3 Å². The maximum atomic E-state index is 13.0. The summed E-state index contributed by atoms with van der Waals surface area (Å²) in [7, 11) is 5.78. The first kappa shape index (κ1) is 28.3. The molecule has 3 heterocycles. The number of likely N-dealkylation sites (N-methyl/N-ethyl adjacent to an activating group) is 1. The molecule has 0 bridgehead atoms. The zero-order valence-electron chi connectivity index (χ0n) is 24.5. The summed E-state index contributed by atoms with van der Waals surface area (Å²) in [6.45, 7) is 7.76. The number of amides is 2. The van der Waals surface area contributed by atoms with Crippen LogP contribution in [0.2, 0.25) is 0 Å². The van der Waals surface area contributed by atoms with Crippen molar-refractivity contribution >= 4 is 40.0 Å². The molecule has 2 amide bonds. The zero-order chi connectivity index (χ0) is 29.1. The smallest absolute Gasteiger partial charge is 0.325 e. The van der Waals surface area contributed by atoms with Gasteiger partial charge >= 0.3 is 6.03 Å². The Hall–Kier alpha value is -4.21. The van der Waals surface area contributed by atoms with E-state index in [1.807, 2.05) is 72.6 Å². The van der Waals surface area contributed by atoms with Crippen LogP contribution in [0.1, 0.15) is 29.8 Å². The molecule has 2 aromatic heterocycles. The summed E-state index contributed by atoms with van der Waals surface area (Å²) >= 11 is 0. The summed E-state index contributed by atoms with van der Waals surface area (Å²) in [5.74, 6) is 0.288. The number of aromatic nitrogens is 2. The number of rotatable bonds is 7. The minimum absolute atomic E-state index is 0.180. The van der Waals surface area contributed by atoms with Crippen molar-refractivity contribution in [1.29, 1.82) is 0 Å². The number of piperazine rings is 1. The quantitative estimate of drug-likeness (QED) is 0.342. The van der Waals surface area contributed by atoms with E-state index in [9.17, 15) is 9.59 Å². The van der Waals surface area contributed by atoms with Crippen molar-refractivity contribution in [3.63, 3.8) is 0 Å². The number of hydrogen-bond donors (Lipinski definition) is 2. The van der Waals surface area contributed by atoms with Crippen LogP contribution in [-0.4, -0.2) is 84.2 Å². The van der Waals surface area contributed by atoms with E-state index in [1.165, 1.54) is 5.56 Å². The molecule has 5 rings (SSSR count). The molecule has 1 fully saturated rings. The largest absolute Gasteiger partial charge is 0.344 e. The number of pyridine rings is 1. The van der Waals surface area contributed by atoms with E-state index < -0.39 is 0 Å². The summed E-state index contributed by atoms with van der Waals surface area (Å²) in [5.41, 5.74) is 4.49. The van der Waals surface area contributed by atoms with Gasteiger partial charge in [0.1, 0.15) is 5.82 Å². The molecule has 214 valence electrons. The third-order valence-electron chi connectivity index (χ3n) is 8.23. The molecule has 0 aliphatic carbocycles. The lowest BCUT2D eigenvalue weighted by Crippen LogP contribution is -2.55. The first-order valence-corrected chi connectivity index (χ1v) is 14.1. The normalized spacial score (nSPS) is 17.9. The molecule has 2 atom stereocenters. The Morgan fingerprint density at radius 3 is 2.39 bits per heavy atom. The van der Waals surface area contributed by atoms with E-state index in [4.69, 9.17) is 0 Å². The highest BCUT2D eigenvalue weighted by molar-refractivity contribution is 6.04. The first-order valence-electron chi connectivity index (χ1n) is 14.1. The van der Waals surface area contributed by atoms with Crippen molar-refractivity contribution < 1.29 is 9.59 Å². The van der Waals surface area contributed by atoms with Crippen LogP contribution in [0.5, 0.6) is 0 Å². The number of benzene rings is 2. The minimum Gasteiger partial charge on any atom is -0.344 e. The molecular formula is C32H39N7O2. The standard InChI is InChI=1S/C32H39N7O2/c1-22-20-38(21-23(2)36(22)4)16-13-24-6-8-25(9-7-24)31(40)35-30-19-28(12-15-34-30)37(5)27-10-11-29-26(18-27)14-17-39(29)32(41)33-3/h6-12,14-15,17-19,22-23H,13,16,20-21H2,1-5H3,(H,33,41)(H,34,35,40)/t22-,23+. The van der Waals surface area contributed by atoms with Gasteiger partial charge in [0.25, 0.3) is 5.91 Å². The highest BCUT2D eigenvalue weighted by Crippen LogP contribution is 2.29. The third-order valence-corrected chi connectivity index (χ3v) is 8.23. The van der Waals surface area contributed by atoms with Crippen LogP contribution in [0.25, 0.3) is 10.9 Å². The number of carbonyl (C=O) groups excluding carboxylic acids is 2. The summed E-state index contributed by atoms with van der Waals surface area (Å²) < 4.78 is 1.58. The second-order valence-corrected chi connectivity index (χ2v) is 11.0. The number of nitrogens with zero attached hydrogens (tertiary/aromatic N) is 5. The number of hydrogen-bond acceptors (Lipinski definition) is 6. The van der Waals surface area contributed by atoms with Gasteiger partial charge in [-0.3, -0.25) is 19.2 Å². The van der Waals surface area contributed by atoms with Crippen molar-refractivity contribution in [3.05, 3.63) is 84.2 Å². The molecule has 9 heteroatoms. The molecular weight excluding hydrogens is 514 g/mol. The van der Waals surface area contributed by atoms with Crippen LogP contribution in [0.15, 0.2) is 73.1 Å². The molecule has 0 spiro atoms. The number of nitrogens with one attached hydrogen (secondary N) is 2. The van der Waals surface area contributed by atoms with Gasteiger partial charge in [-0.25, -0.2) is 9.78 Å². The summed E-state index contributed by atoms with van der Waals surface area (Å²) in [5, 5.41) is 6.54. The van der Waals surface area contributed by atoms with Gasteiger partial charge in [0.05, 0.1) is 5.52 Å². The van der Waals surface area contributed by atoms with Gasteiger partial charge in [-0.2, -0.15) is 0 Å². The summed E-state index contributed by atoms with van der Waals surface area (Å²) in [6, 6.07) is 20.4. The van der Waals surface area contributed by atoms with Crippen LogP contribution < -0.4 is 15.5 Å². The molecule has 0 unspecified atom stereocenters. The average molecular weight is 554 g/mol. The molecule has 1 aliphatic rings. The monoisotopic (exact) mass is 553 g/mol. The summed E-state index contributed by atoms with van der Waals surface area (Å²) in [4.78, 5) is 36.4. The van der Waals surface area contributed by atoms with Gasteiger partial charge in [-0.1, -0.05) is 12.1 Å². The Labute approximate surface area is 241 Å². The Kier molecular flexibility index (Phi) is 8.37. The highest BCUT2D eigenvalue weighted by Gasteiger charge is 2.26. The molecule has 1 saturated heterocycles. The Morgan fingerprint density at radius 1 is 0.976 bits per heavy atom. The number of fused-ring (bicyclic) bond motifs is 1. The van der Waals surface area contributed by atoms with Gasteiger partial charge in [-0.05, 0) is 75.3 Å². The minimum atomic E-state index is -0.192. The van der Waals surface area contributed by atoms with E-state index in [-0.39, 0.29) is 11.9 Å². The predicted octanol–water partition coefficient (Wildman–Crippen LogP) is 4.81. The van der Waals surface area contributed by atoms with Crippen LogP contribution >= 0.6 is 0 Å². The van der Waals surface area contributed by atoms with Crippen LogP contribution in [0.3, 0.4) is 0 Å². The lowest BCUT2D eigenvalue weighted by molar-refractivity contribution is 0.0608. The maximum absolute atomic E-state index is 13.0. The topological polar surface area (TPSA) is 85.7 Å². The lowest BCUT2D eigenvalue weighted by Gasteiger charge is -2.42. The fraction of sp³-hybridized carbons (Fsp3) is 0.344. The van der Waals surface area contributed by atoms with Crippen molar-refractivity contribution in [1.82, 2.24) is 24.7 Å². The second-order valence-electron chi connectivity index (χ2n) is 11.0. The van der Waals surface area contributed by atoms with Gasteiger partial charge in [-0.15, -0.1) is 0 Å². The van der Waals surface area contributed by atoms with Gasteiger partial charge < -0.3 is 15.5 Å². The molecule has 0 radical (unpaired) electrons.